The summed E-state index contributed by atoms with van der Waals surface area (Å²) in [5.41, 5.74) is 12.4. The molecule has 0 spiro atoms. The summed E-state index contributed by atoms with van der Waals surface area (Å²) in [4.78, 5) is 0. The maximum atomic E-state index is 4.48. The van der Waals surface area contributed by atoms with Gasteiger partial charge in [-0.1, -0.05) is 99.5 Å². The normalized spacial score (nSPS) is 13.5. The zero-order valence-corrected chi connectivity index (χ0v) is 22.5. The Morgan fingerprint density at radius 3 is 2.15 bits per heavy atom. The van der Waals surface area contributed by atoms with Crippen molar-refractivity contribution in [2.45, 2.75) is 87.5 Å². The Hall–Kier alpha value is -2.34. The lowest BCUT2D eigenvalue weighted by molar-refractivity contribution is 0.417. The van der Waals surface area contributed by atoms with Crippen LogP contribution < -0.4 is 0 Å². The molecule has 2 rings (SSSR count). The van der Waals surface area contributed by atoms with Gasteiger partial charge in [-0.15, -0.1) is 0 Å². The quantitative estimate of drug-likeness (QED) is 0.304. The molecule has 0 aliphatic heterocycles. The van der Waals surface area contributed by atoms with Gasteiger partial charge in [0.05, 0.1) is 0 Å². The number of aryl methyl sites for hydroxylation is 4. The van der Waals surface area contributed by atoms with E-state index in [0.29, 0.717) is 11.8 Å². The Kier molecular flexibility index (Phi) is 10.4. The van der Waals surface area contributed by atoms with Crippen LogP contribution in [0.5, 0.6) is 0 Å². The van der Waals surface area contributed by atoms with Crippen molar-refractivity contribution in [1.82, 2.24) is 0 Å². The van der Waals surface area contributed by atoms with Crippen molar-refractivity contribution in [2.24, 2.45) is 11.8 Å². The van der Waals surface area contributed by atoms with Gasteiger partial charge in [-0.25, -0.2) is 0 Å². The maximum Gasteiger partial charge on any atom is -0.0146 e. The van der Waals surface area contributed by atoms with E-state index < -0.39 is 0 Å². The van der Waals surface area contributed by atoms with Crippen molar-refractivity contribution in [3.8, 4) is 0 Å². The summed E-state index contributed by atoms with van der Waals surface area (Å²) in [6.45, 7) is 22.5. The molecule has 178 valence electrons. The average Bonchev–Trinajstić information content (AvgIpc) is 2.76. The average molecular weight is 443 g/mol. The van der Waals surface area contributed by atoms with Gasteiger partial charge < -0.3 is 0 Å². The highest BCUT2D eigenvalue weighted by molar-refractivity contribution is 5.82. The number of allylic oxidation sites excluding steroid dienone is 5. The van der Waals surface area contributed by atoms with E-state index in [1.54, 1.807) is 0 Å². The van der Waals surface area contributed by atoms with Crippen molar-refractivity contribution < 1.29 is 0 Å². The molecule has 0 aliphatic carbocycles. The van der Waals surface area contributed by atoms with Crippen molar-refractivity contribution in [1.29, 1.82) is 0 Å². The lowest BCUT2D eigenvalue weighted by Gasteiger charge is -2.21. The maximum absolute atomic E-state index is 4.48. The minimum atomic E-state index is 0.657. The molecule has 1 unspecified atom stereocenters. The van der Waals surface area contributed by atoms with Crippen LogP contribution in [0.2, 0.25) is 0 Å². The smallest absolute Gasteiger partial charge is 0.0146 e. The monoisotopic (exact) mass is 442 g/mol. The Bertz CT molecular complexity index is 997. The van der Waals surface area contributed by atoms with Gasteiger partial charge in [0, 0.05) is 0 Å². The summed E-state index contributed by atoms with van der Waals surface area (Å²) < 4.78 is 0. The fourth-order valence-corrected chi connectivity index (χ4v) is 4.50. The standard InChI is InChI=1S/C33H46/c1-10-29(11-2)32(33-21-26(7)16-18-31(33)22-27(8)23(3)4)20-24(5)13-12-14-30-17-15-25(6)19-28(30)9/h10,15-21,23,27H,5,11-14,22H2,1-4,6-9H3/b29-10-,32-20+. The highest BCUT2D eigenvalue weighted by Gasteiger charge is 2.16. The largest absolute Gasteiger partial charge is 0.0958 e. The predicted molar refractivity (Wildman–Crippen MR) is 149 cm³/mol. The molecule has 0 N–H and O–H groups in total. The van der Waals surface area contributed by atoms with Gasteiger partial charge in [0.2, 0.25) is 0 Å². The van der Waals surface area contributed by atoms with Gasteiger partial charge in [-0.05, 0) is 105 Å². The van der Waals surface area contributed by atoms with Gasteiger partial charge in [-0.2, -0.15) is 0 Å². The topological polar surface area (TPSA) is 0 Å². The SMILES string of the molecule is C=C(/C=C(\C(=C/C)CC)c1cc(C)ccc1CC(C)C(C)C)CCCc1ccc(C)cc1C. The molecule has 0 heteroatoms. The lowest BCUT2D eigenvalue weighted by atomic mass is 9.84. The highest BCUT2D eigenvalue weighted by atomic mass is 14.2. The summed E-state index contributed by atoms with van der Waals surface area (Å²) >= 11 is 0. The molecule has 1 atom stereocenters. The van der Waals surface area contributed by atoms with E-state index in [4.69, 9.17) is 0 Å². The summed E-state index contributed by atoms with van der Waals surface area (Å²) in [5, 5.41) is 0. The van der Waals surface area contributed by atoms with Gasteiger partial charge in [0.25, 0.3) is 0 Å². The number of benzene rings is 2. The summed E-state index contributed by atoms with van der Waals surface area (Å²) in [5.74, 6) is 1.34. The molecule has 0 heterocycles. The Labute approximate surface area is 204 Å². The van der Waals surface area contributed by atoms with Gasteiger partial charge >= 0.3 is 0 Å². The Morgan fingerprint density at radius 2 is 1.58 bits per heavy atom. The molecule has 0 bridgehead atoms. The predicted octanol–water partition coefficient (Wildman–Crippen LogP) is 9.77. The van der Waals surface area contributed by atoms with Crippen LogP contribution in [0, 0.1) is 32.6 Å². The summed E-state index contributed by atoms with van der Waals surface area (Å²) in [6.07, 6.45) is 10.1. The molecule has 2 aromatic carbocycles. The van der Waals surface area contributed by atoms with Crippen molar-refractivity contribution in [2.75, 3.05) is 0 Å². The van der Waals surface area contributed by atoms with E-state index in [2.05, 4.69) is 111 Å². The molecule has 0 radical (unpaired) electrons. The third-order valence-corrected chi connectivity index (χ3v) is 7.10. The van der Waals surface area contributed by atoms with Gasteiger partial charge in [0.15, 0.2) is 0 Å². The first-order valence-electron chi connectivity index (χ1n) is 12.9. The lowest BCUT2D eigenvalue weighted by Crippen LogP contribution is -2.09. The van der Waals surface area contributed by atoms with Crippen LogP contribution >= 0.6 is 0 Å². The molecule has 0 aromatic heterocycles. The Balaban J connectivity index is 2.30. The molecule has 0 saturated heterocycles. The first kappa shape index (κ1) is 26.9. The zero-order chi connectivity index (χ0) is 24.5. The number of rotatable bonds is 11. The van der Waals surface area contributed by atoms with E-state index in [-0.39, 0.29) is 0 Å². The summed E-state index contributed by atoms with van der Waals surface area (Å²) in [6, 6.07) is 13.8. The molecule has 0 fully saturated rings. The molecular formula is C33H46. The van der Waals surface area contributed by atoms with E-state index in [1.165, 1.54) is 50.1 Å². The van der Waals surface area contributed by atoms with E-state index in [0.717, 1.165) is 32.1 Å². The van der Waals surface area contributed by atoms with Crippen LogP contribution in [0.15, 0.2) is 66.3 Å². The van der Waals surface area contributed by atoms with Crippen LogP contribution in [0.25, 0.3) is 5.57 Å². The second-order valence-electron chi connectivity index (χ2n) is 10.3. The molecule has 0 aliphatic rings. The van der Waals surface area contributed by atoms with Crippen molar-refractivity contribution in [3.05, 3.63) is 99.7 Å². The van der Waals surface area contributed by atoms with Gasteiger partial charge in [-0.3, -0.25) is 0 Å². The fraction of sp³-hybridized carbons (Fsp3) is 0.455. The number of hydrogen-bond donors (Lipinski definition) is 0. The van der Waals surface area contributed by atoms with Crippen molar-refractivity contribution in [3.63, 3.8) is 0 Å². The van der Waals surface area contributed by atoms with Crippen LogP contribution in [-0.2, 0) is 12.8 Å². The van der Waals surface area contributed by atoms with E-state index in [1.807, 2.05) is 0 Å². The molecule has 2 aromatic rings. The fourth-order valence-electron chi connectivity index (χ4n) is 4.50. The second-order valence-corrected chi connectivity index (χ2v) is 10.3. The highest BCUT2D eigenvalue weighted by Crippen LogP contribution is 2.33. The second kappa shape index (κ2) is 12.8. The van der Waals surface area contributed by atoms with Gasteiger partial charge in [0.1, 0.15) is 0 Å². The molecule has 0 saturated carbocycles. The summed E-state index contributed by atoms with van der Waals surface area (Å²) in [7, 11) is 0. The van der Waals surface area contributed by atoms with E-state index in [9.17, 15) is 0 Å². The van der Waals surface area contributed by atoms with Crippen LogP contribution in [0.4, 0.5) is 0 Å². The molecule has 33 heavy (non-hydrogen) atoms. The minimum absolute atomic E-state index is 0.657. The third-order valence-electron chi connectivity index (χ3n) is 7.10. The van der Waals surface area contributed by atoms with Crippen molar-refractivity contribution >= 4 is 5.57 Å². The van der Waals surface area contributed by atoms with Crippen LogP contribution in [0.1, 0.15) is 87.3 Å². The zero-order valence-electron chi connectivity index (χ0n) is 22.5. The molecule has 0 amide bonds. The molecular weight excluding hydrogens is 396 g/mol. The first-order valence-corrected chi connectivity index (χ1v) is 12.9. The van der Waals surface area contributed by atoms with E-state index >= 15 is 0 Å². The third kappa shape index (κ3) is 7.88. The van der Waals surface area contributed by atoms with Crippen LogP contribution in [-0.4, -0.2) is 0 Å². The Morgan fingerprint density at radius 1 is 0.939 bits per heavy atom. The van der Waals surface area contributed by atoms with Crippen LogP contribution in [0.3, 0.4) is 0 Å². The minimum Gasteiger partial charge on any atom is -0.0958 e. The number of hydrogen-bond acceptors (Lipinski definition) is 0. The molecule has 0 nitrogen and oxygen atoms in total. The first-order chi connectivity index (χ1) is 15.7.